The number of rotatable bonds is 3. The summed E-state index contributed by atoms with van der Waals surface area (Å²) in [5, 5.41) is 3.02. The summed E-state index contributed by atoms with van der Waals surface area (Å²) in [6, 6.07) is 9.48. The molecule has 1 N–H and O–H groups in total. The fourth-order valence-corrected chi connectivity index (χ4v) is 1.90. The Morgan fingerprint density at radius 2 is 1.94 bits per heavy atom. The molecule has 1 aromatic carbocycles. The van der Waals surface area contributed by atoms with Crippen LogP contribution in [0.2, 0.25) is 0 Å². The van der Waals surface area contributed by atoms with E-state index < -0.39 is 0 Å². The van der Waals surface area contributed by atoms with Gasteiger partial charge in [0.1, 0.15) is 5.69 Å². The summed E-state index contributed by atoms with van der Waals surface area (Å²) in [6.45, 7) is 3.89. The van der Waals surface area contributed by atoms with Gasteiger partial charge in [-0.2, -0.15) is 0 Å². The van der Waals surface area contributed by atoms with Crippen molar-refractivity contribution in [3.05, 3.63) is 58.9 Å². The van der Waals surface area contributed by atoms with E-state index in [1.54, 1.807) is 13.2 Å². The molecule has 92 valence electrons. The highest BCUT2D eigenvalue weighted by Gasteiger charge is 2.16. The molecule has 0 saturated heterocycles. The van der Waals surface area contributed by atoms with E-state index in [4.69, 9.17) is 0 Å². The topological polar surface area (TPSA) is 42.0 Å². The number of aryl methyl sites for hydroxylation is 2. The van der Waals surface area contributed by atoms with E-state index in [0.717, 1.165) is 16.8 Å². The van der Waals surface area contributed by atoms with E-state index in [9.17, 15) is 4.79 Å². The molecule has 2 aromatic rings. The lowest BCUT2D eigenvalue weighted by Crippen LogP contribution is -2.09. The molecule has 3 heteroatoms. The van der Waals surface area contributed by atoms with Crippen LogP contribution in [0.4, 0.5) is 5.69 Å². The van der Waals surface area contributed by atoms with Crippen LogP contribution in [0, 0.1) is 13.8 Å². The van der Waals surface area contributed by atoms with Gasteiger partial charge in [0.2, 0.25) is 5.78 Å². The van der Waals surface area contributed by atoms with Crippen molar-refractivity contribution < 1.29 is 4.79 Å². The fourth-order valence-electron chi connectivity index (χ4n) is 1.90. The van der Waals surface area contributed by atoms with Gasteiger partial charge in [-0.15, -0.1) is 0 Å². The molecule has 0 aliphatic heterocycles. The van der Waals surface area contributed by atoms with Gasteiger partial charge in [0.05, 0.1) is 5.69 Å². The number of nitrogens with one attached hydrogen (secondary N) is 1. The molecule has 1 heterocycles. The van der Waals surface area contributed by atoms with Gasteiger partial charge in [-0.1, -0.05) is 24.3 Å². The summed E-state index contributed by atoms with van der Waals surface area (Å²) in [6.07, 6.45) is 1.71. The third-order valence-corrected chi connectivity index (χ3v) is 2.90. The first-order chi connectivity index (χ1) is 8.63. The van der Waals surface area contributed by atoms with Crippen LogP contribution in [-0.4, -0.2) is 17.8 Å². The summed E-state index contributed by atoms with van der Waals surface area (Å²) >= 11 is 0. The van der Waals surface area contributed by atoms with Crippen molar-refractivity contribution in [1.29, 1.82) is 0 Å². The number of carbonyl (C=O) groups is 1. The number of nitrogens with zero attached hydrogens (tertiary/aromatic N) is 1. The van der Waals surface area contributed by atoms with Crippen molar-refractivity contribution in [1.82, 2.24) is 4.98 Å². The normalized spacial score (nSPS) is 10.2. The van der Waals surface area contributed by atoms with Crippen LogP contribution in [-0.2, 0) is 0 Å². The van der Waals surface area contributed by atoms with E-state index in [2.05, 4.69) is 10.3 Å². The van der Waals surface area contributed by atoms with Crippen molar-refractivity contribution >= 4 is 11.5 Å². The average Bonchev–Trinajstić information content (AvgIpc) is 2.38. The first-order valence-electron chi connectivity index (χ1n) is 5.88. The second-order valence-corrected chi connectivity index (χ2v) is 4.30. The predicted octanol–water partition coefficient (Wildman–Crippen LogP) is 2.97. The third-order valence-electron chi connectivity index (χ3n) is 2.90. The zero-order valence-electron chi connectivity index (χ0n) is 10.8. The minimum atomic E-state index is -0.0440. The van der Waals surface area contributed by atoms with Crippen LogP contribution in [0.15, 0.2) is 36.5 Å². The lowest BCUT2D eigenvalue weighted by molar-refractivity contribution is 0.103. The Labute approximate surface area is 107 Å². The summed E-state index contributed by atoms with van der Waals surface area (Å²) in [5.74, 6) is -0.0440. The van der Waals surface area contributed by atoms with Gasteiger partial charge in [0.25, 0.3) is 0 Å². The van der Waals surface area contributed by atoms with Gasteiger partial charge < -0.3 is 5.32 Å². The number of aromatic nitrogens is 1. The second-order valence-electron chi connectivity index (χ2n) is 4.30. The van der Waals surface area contributed by atoms with Crippen molar-refractivity contribution in [2.45, 2.75) is 13.8 Å². The Morgan fingerprint density at radius 3 is 2.61 bits per heavy atom. The van der Waals surface area contributed by atoms with Crippen LogP contribution in [0.5, 0.6) is 0 Å². The van der Waals surface area contributed by atoms with E-state index in [0.29, 0.717) is 11.3 Å². The van der Waals surface area contributed by atoms with E-state index in [1.165, 1.54) is 0 Å². The predicted molar refractivity (Wildman–Crippen MR) is 73.1 cm³/mol. The quantitative estimate of drug-likeness (QED) is 0.839. The Bertz CT molecular complexity index is 591. The third kappa shape index (κ3) is 2.25. The highest BCUT2D eigenvalue weighted by atomic mass is 16.1. The molecule has 0 atom stereocenters. The lowest BCUT2D eigenvalue weighted by Gasteiger charge is -2.09. The Kier molecular flexibility index (Phi) is 3.42. The van der Waals surface area contributed by atoms with Gasteiger partial charge in [-0.05, 0) is 31.0 Å². The molecule has 0 spiro atoms. The molecule has 0 fully saturated rings. The summed E-state index contributed by atoms with van der Waals surface area (Å²) in [7, 11) is 1.80. The molecule has 18 heavy (non-hydrogen) atoms. The molecular formula is C15H16N2O. The number of ketones is 1. The van der Waals surface area contributed by atoms with Gasteiger partial charge in [0, 0.05) is 18.8 Å². The maximum absolute atomic E-state index is 12.5. The Morgan fingerprint density at radius 1 is 1.22 bits per heavy atom. The molecule has 0 aliphatic rings. The van der Waals surface area contributed by atoms with Gasteiger partial charge >= 0.3 is 0 Å². The van der Waals surface area contributed by atoms with Crippen molar-refractivity contribution in [3.8, 4) is 0 Å². The van der Waals surface area contributed by atoms with Crippen LogP contribution >= 0.6 is 0 Å². The standard InChI is InChI=1S/C15H16N2O/c1-10-8-13(16-3)14(17-9-10)15(18)12-7-5-4-6-11(12)2/h4-9,16H,1-3H3. The first kappa shape index (κ1) is 12.3. The maximum Gasteiger partial charge on any atom is 0.213 e. The molecule has 3 nitrogen and oxygen atoms in total. The van der Waals surface area contributed by atoms with E-state index >= 15 is 0 Å². The Hall–Kier alpha value is -2.16. The number of pyridine rings is 1. The number of hydrogen-bond donors (Lipinski definition) is 1. The zero-order valence-corrected chi connectivity index (χ0v) is 10.8. The SMILES string of the molecule is CNc1cc(C)cnc1C(=O)c1ccccc1C. The molecule has 0 bridgehead atoms. The summed E-state index contributed by atoms with van der Waals surface area (Å²) < 4.78 is 0. The molecular weight excluding hydrogens is 224 g/mol. The largest absolute Gasteiger partial charge is 0.386 e. The second kappa shape index (κ2) is 5.00. The number of hydrogen-bond acceptors (Lipinski definition) is 3. The molecule has 0 amide bonds. The lowest BCUT2D eigenvalue weighted by atomic mass is 10.0. The van der Waals surface area contributed by atoms with Crippen molar-refractivity contribution in [3.63, 3.8) is 0 Å². The smallest absolute Gasteiger partial charge is 0.213 e. The molecule has 1 aromatic heterocycles. The highest BCUT2D eigenvalue weighted by Crippen LogP contribution is 2.19. The fraction of sp³-hybridized carbons (Fsp3) is 0.200. The monoisotopic (exact) mass is 240 g/mol. The minimum absolute atomic E-state index is 0.0440. The summed E-state index contributed by atoms with van der Waals surface area (Å²) in [4.78, 5) is 16.7. The summed E-state index contributed by atoms with van der Waals surface area (Å²) in [5.41, 5.74) is 3.93. The minimum Gasteiger partial charge on any atom is -0.386 e. The highest BCUT2D eigenvalue weighted by molar-refractivity contribution is 6.11. The molecule has 0 radical (unpaired) electrons. The molecule has 0 aliphatic carbocycles. The Balaban J connectivity index is 2.50. The van der Waals surface area contributed by atoms with Gasteiger partial charge in [-0.25, -0.2) is 0 Å². The number of benzene rings is 1. The van der Waals surface area contributed by atoms with Crippen LogP contribution in [0.1, 0.15) is 27.2 Å². The zero-order chi connectivity index (χ0) is 13.1. The number of anilines is 1. The van der Waals surface area contributed by atoms with Crippen LogP contribution < -0.4 is 5.32 Å². The average molecular weight is 240 g/mol. The van der Waals surface area contributed by atoms with Crippen molar-refractivity contribution in [2.75, 3.05) is 12.4 Å². The molecule has 0 saturated carbocycles. The van der Waals surface area contributed by atoms with Crippen LogP contribution in [0.25, 0.3) is 0 Å². The van der Waals surface area contributed by atoms with Gasteiger partial charge in [-0.3, -0.25) is 9.78 Å². The first-order valence-corrected chi connectivity index (χ1v) is 5.88. The van der Waals surface area contributed by atoms with E-state index in [1.807, 2.05) is 44.2 Å². The molecule has 0 unspecified atom stereocenters. The molecule has 2 rings (SSSR count). The van der Waals surface area contributed by atoms with Crippen molar-refractivity contribution in [2.24, 2.45) is 0 Å². The van der Waals surface area contributed by atoms with Gasteiger partial charge in [0.15, 0.2) is 0 Å². The maximum atomic E-state index is 12.5. The number of carbonyl (C=O) groups excluding carboxylic acids is 1. The van der Waals surface area contributed by atoms with Crippen LogP contribution in [0.3, 0.4) is 0 Å². The van der Waals surface area contributed by atoms with E-state index in [-0.39, 0.29) is 5.78 Å².